The molecule has 0 aliphatic heterocycles. The molecule has 2 heterocycles. The molecule has 103 valence electrons. The Morgan fingerprint density at radius 1 is 0.952 bits per heavy atom. The third-order valence-corrected chi connectivity index (χ3v) is 4.52. The number of pyridine rings is 2. The lowest BCUT2D eigenvalue weighted by atomic mass is 9.68. The Morgan fingerprint density at radius 2 is 1.62 bits per heavy atom. The first kappa shape index (κ1) is 14.4. The van der Waals surface area contributed by atoms with E-state index in [1.54, 1.807) is 0 Å². The highest BCUT2D eigenvalue weighted by molar-refractivity contribution is 6.50. The summed E-state index contributed by atoms with van der Waals surface area (Å²) < 4.78 is 0. The van der Waals surface area contributed by atoms with E-state index in [0.29, 0.717) is 5.59 Å². The quantitative estimate of drug-likeness (QED) is 0.798. The van der Waals surface area contributed by atoms with Crippen molar-refractivity contribution in [3.8, 4) is 0 Å². The molecule has 1 aliphatic carbocycles. The standard InChI is InChI=1S/C17H19B2N2/c1-19-16-10-6-8-14(21-16)17(11-3-2-4-12-17)13-7-5-9-15(18)20-13/h5-10H,2-4,11-12H2,1H3. The summed E-state index contributed by atoms with van der Waals surface area (Å²) in [6.07, 6.45) is 5.94. The molecule has 1 fully saturated rings. The molecule has 0 atom stereocenters. The fourth-order valence-corrected chi connectivity index (χ4v) is 3.40. The van der Waals surface area contributed by atoms with Gasteiger partial charge >= 0.3 is 0 Å². The third kappa shape index (κ3) is 2.76. The maximum absolute atomic E-state index is 5.92. The second-order valence-electron chi connectivity index (χ2n) is 5.83. The second kappa shape index (κ2) is 6.05. The first-order valence-electron chi connectivity index (χ1n) is 7.74. The molecule has 0 unspecified atom stereocenters. The maximum Gasteiger partial charge on any atom is 0.174 e. The van der Waals surface area contributed by atoms with Gasteiger partial charge in [-0.1, -0.05) is 50.4 Å². The smallest absolute Gasteiger partial charge is 0.174 e. The van der Waals surface area contributed by atoms with Crippen LogP contribution in [0.25, 0.3) is 0 Å². The first-order chi connectivity index (χ1) is 10.2. The van der Waals surface area contributed by atoms with Crippen molar-refractivity contribution in [2.75, 3.05) is 0 Å². The van der Waals surface area contributed by atoms with Crippen molar-refractivity contribution in [1.29, 1.82) is 0 Å². The number of nitrogens with zero attached hydrogens (tertiary/aromatic N) is 2. The van der Waals surface area contributed by atoms with Crippen LogP contribution in [0.5, 0.6) is 0 Å². The van der Waals surface area contributed by atoms with Gasteiger partial charge in [0, 0.05) is 0 Å². The summed E-state index contributed by atoms with van der Waals surface area (Å²) in [4.78, 5) is 9.49. The first-order valence-corrected chi connectivity index (χ1v) is 7.74. The zero-order valence-electron chi connectivity index (χ0n) is 12.5. The van der Waals surface area contributed by atoms with Crippen molar-refractivity contribution in [3.05, 3.63) is 47.8 Å². The maximum atomic E-state index is 5.92. The highest BCUT2D eigenvalue weighted by Crippen LogP contribution is 2.42. The lowest BCUT2D eigenvalue weighted by molar-refractivity contribution is 0.332. The van der Waals surface area contributed by atoms with Gasteiger partial charge in [0.2, 0.25) is 0 Å². The Kier molecular flexibility index (Phi) is 4.14. The van der Waals surface area contributed by atoms with Gasteiger partial charge in [-0.25, -0.2) is 0 Å². The van der Waals surface area contributed by atoms with Crippen LogP contribution in [0, 0.1) is 0 Å². The molecule has 3 radical (unpaired) electrons. The van der Waals surface area contributed by atoms with Crippen LogP contribution in [0.15, 0.2) is 36.4 Å². The lowest BCUT2D eigenvalue weighted by Gasteiger charge is -2.37. The normalized spacial score (nSPS) is 17.4. The summed E-state index contributed by atoms with van der Waals surface area (Å²) in [5.74, 6) is 0. The molecule has 1 saturated carbocycles. The summed E-state index contributed by atoms with van der Waals surface area (Å²) in [5.41, 5.74) is 3.75. The van der Waals surface area contributed by atoms with Gasteiger partial charge in [-0.15, -0.1) is 0 Å². The Balaban J connectivity index is 2.12. The molecular weight excluding hydrogens is 254 g/mol. The Morgan fingerprint density at radius 3 is 2.29 bits per heavy atom. The number of rotatable bonds is 3. The van der Waals surface area contributed by atoms with Gasteiger partial charge in [0.05, 0.1) is 16.8 Å². The number of hydrogen-bond donors (Lipinski definition) is 0. The van der Waals surface area contributed by atoms with E-state index in [1.807, 2.05) is 32.3 Å². The molecule has 1 aliphatic rings. The monoisotopic (exact) mass is 273 g/mol. The van der Waals surface area contributed by atoms with E-state index in [-0.39, 0.29) is 5.41 Å². The van der Waals surface area contributed by atoms with E-state index in [4.69, 9.17) is 12.8 Å². The number of hydrogen-bond acceptors (Lipinski definition) is 2. The van der Waals surface area contributed by atoms with Crippen LogP contribution in [0.1, 0.15) is 43.5 Å². The van der Waals surface area contributed by atoms with Gasteiger partial charge in [0.25, 0.3) is 0 Å². The van der Waals surface area contributed by atoms with Crippen molar-refractivity contribution < 1.29 is 0 Å². The van der Waals surface area contributed by atoms with Gasteiger partial charge in [0.15, 0.2) is 7.28 Å². The molecule has 2 aromatic rings. The van der Waals surface area contributed by atoms with Crippen LogP contribution in [-0.4, -0.2) is 25.1 Å². The van der Waals surface area contributed by atoms with Crippen LogP contribution in [-0.2, 0) is 5.41 Å². The van der Waals surface area contributed by atoms with E-state index in [1.165, 1.54) is 19.3 Å². The second-order valence-corrected chi connectivity index (χ2v) is 5.83. The van der Waals surface area contributed by atoms with Crippen LogP contribution in [0.2, 0.25) is 6.82 Å². The van der Waals surface area contributed by atoms with E-state index in [0.717, 1.165) is 29.8 Å². The fraction of sp³-hybridized carbons (Fsp3) is 0.412. The van der Waals surface area contributed by atoms with Crippen LogP contribution >= 0.6 is 0 Å². The third-order valence-electron chi connectivity index (χ3n) is 4.52. The molecule has 0 spiro atoms. The van der Waals surface area contributed by atoms with E-state index in [2.05, 4.69) is 23.2 Å². The minimum atomic E-state index is -0.0767. The predicted octanol–water partition coefficient (Wildman–Crippen LogP) is 1.90. The Bertz CT molecular complexity index is 622. The van der Waals surface area contributed by atoms with E-state index in [9.17, 15) is 0 Å². The van der Waals surface area contributed by atoms with Crippen LogP contribution < -0.4 is 11.2 Å². The SMILES string of the molecule is [B]c1cccc(C2(c3cccc([B]C)n3)CCCCC2)n1. The number of aromatic nitrogens is 2. The van der Waals surface area contributed by atoms with Crippen molar-refractivity contribution in [2.45, 2.75) is 44.3 Å². The highest BCUT2D eigenvalue weighted by Gasteiger charge is 2.38. The average molecular weight is 273 g/mol. The van der Waals surface area contributed by atoms with Crippen LogP contribution in [0.3, 0.4) is 0 Å². The predicted molar refractivity (Wildman–Crippen MR) is 89.0 cm³/mol. The van der Waals surface area contributed by atoms with Crippen molar-refractivity contribution in [1.82, 2.24) is 9.97 Å². The molecule has 2 aromatic heterocycles. The molecule has 0 N–H and O–H groups in total. The molecule has 0 aromatic carbocycles. The average Bonchev–Trinajstić information content (AvgIpc) is 2.55. The topological polar surface area (TPSA) is 25.8 Å². The molecule has 3 rings (SSSR count). The van der Waals surface area contributed by atoms with Crippen molar-refractivity contribution in [3.63, 3.8) is 0 Å². The van der Waals surface area contributed by atoms with Crippen LogP contribution in [0.4, 0.5) is 0 Å². The van der Waals surface area contributed by atoms with Gasteiger partial charge in [-0.2, -0.15) is 0 Å². The largest absolute Gasteiger partial charge is 0.268 e. The minimum absolute atomic E-state index is 0.0767. The minimum Gasteiger partial charge on any atom is -0.268 e. The van der Waals surface area contributed by atoms with Crippen molar-refractivity contribution in [2.24, 2.45) is 0 Å². The van der Waals surface area contributed by atoms with E-state index < -0.39 is 0 Å². The highest BCUT2D eigenvalue weighted by atomic mass is 14.8. The zero-order chi connectivity index (χ0) is 14.7. The molecular formula is C17H19B2N2. The summed E-state index contributed by atoms with van der Waals surface area (Å²) in [5, 5.41) is 0. The molecule has 21 heavy (non-hydrogen) atoms. The Hall–Kier alpha value is -1.57. The Labute approximate surface area is 129 Å². The zero-order valence-corrected chi connectivity index (χ0v) is 12.5. The van der Waals surface area contributed by atoms with Crippen molar-refractivity contribution >= 4 is 26.3 Å². The lowest BCUT2D eigenvalue weighted by Crippen LogP contribution is -2.36. The molecule has 0 saturated heterocycles. The molecule has 0 bridgehead atoms. The van der Waals surface area contributed by atoms with Gasteiger partial charge in [-0.3, -0.25) is 9.97 Å². The summed E-state index contributed by atoms with van der Waals surface area (Å²) in [7, 11) is 7.97. The summed E-state index contributed by atoms with van der Waals surface area (Å²) >= 11 is 0. The summed E-state index contributed by atoms with van der Waals surface area (Å²) in [6, 6.07) is 12.2. The molecule has 2 nitrogen and oxygen atoms in total. The van der Waals surface area contributed by atoms with Gasteiger partial charge in [0.1, 0.15) is 7.85 Å². The summed E-state index contributed by atoms with van der Waals surface area (Å²) in [6.45, 7) is 2.03. The van der Waals surface area contributed by atoms with Gasteiger partial charge in [-0.05, 0) is 36.2 Å². The fourth-order valence-electron chi connectivity index (χ4n) is 3.40. The van der Waals surface area contributed by atoms with Gasteiger partial charge < -0.3 is 0 Å². The molecule has 0 amide bonds. The van der Waals surface area contributed by atoms with E-state index >= 15 is 0 Å². The molecule has 4 heteroatoms.